The Morgan fingerprint density at radius 2 is 2.47 bits per heavy atom. The number of nitrogens with zero attached hydrogens (tertiary/aromatic N) is 2. The third-order valence-electron chi connectivity index (χ3n) is 2.00. The van der Waals surface area contributed by atoms with Crippen LogP contribution in [0, 0.1) is 0 Å². The van der Waals surface area contributed by atoms with Gasteiger partial charge in [0.2, 0.25) is 0 Å². The lowest BCUT2D eigenvalue weighted by molar-refractivity contribution is 0.0932. The summed E-state index contributed by atoms with van der Waals surface area (Å²) in [5.74, 6) is 0.0717. The van der Waals surface area contributed by atoms with Gasteiger partial charge in [0, 0.05) is 12.6 Å². The Hall–Kier alpha value is -1.88. The molecule has 0 unspecified atom stereocenters. The predicted molar refractivity (Wildman–Crippen MR) is 53.4 cm³/mol. The summed E-state index contributed by atoms with van der Waals surface area (Å²) in [6.07, 6.45) is 5.26. The first kappa shape index (κ1) is 9.67. The molecule has 0 atom stereocenters. The zero-order valence-electron chi connectivity index (χ0n) is 8.09. The molecule has 5 heteroatoms. The average Bonchev–Trinajstić information content (AvgIpc) is 2.87. The monoisotopic (exact) mass is 205 g/mol. The minimum atomic E-state index is -0.226. The molecule has 0 fully saturated rings. The predicted octanol–water partition coefficient (Wildman–Crippen LogP) is 0.666. The SMILES string of the molecule is NCCc1cn(C(=O)c2ccco2)cn1. The molecule has 2 N–H and O–H groups in total. The molecule has 0 aliphatic rings. The van der Waals surface area contributed by atoms with Gasteiger partial charge in [-0.25, -0.2) is 4.98 Å². The Labute approximate surface area is 86.5 Å². The molecule has 15 heavy (non-hydrogen) atoms. The third-order valence-corrected chi connectivity index (χ3v) is 2.00. The molecule has 0 spiro atoms. The lowest BCUT2D eigenvalue weighted by Gasteiger charge is -1.95. The summed E-state index contributed by atoms with van der Waals surface area (Å²) in [7, 11) is 0. The lowest BCUT2D eigenvalue weighted by Crippen LogP contribution is -2.08. The van der Waals surface area contributed by atoms with E-state index in [-0.39, 0.29) is 5.91 Å². The summed E-state index contributed by atoms with van der Waals surface area (Å²) >= 11 is 0. The van der Waals surface area contributed by atoms with Crippen LogP contribution in [-0.4, -0.2) is 22.0 Å². The highest BCUT2D eigenvalue weighted by molar-refractivity contribution is 5.93. The van der Waals surface area contributed by atoms with E-state index >= 15 is 0 Å². The molecule has 0 saturated carbocycles. The molecular weight excluding hydrogens is 194 g/mol. The van der Waals surface area contributed by atoms with Crippen LogP contribution < -0.4 is 5.73 Å². The molecule has 0 radical (unpaired) electrons. The second kappa shape index (κ2) is 4.10. The van der Waals surface area contributed by atoms with Crippen molar-refractivity contribution < 1.29 is 9.21 Å². The van der Waals surface area contributed by atoms with Crippen LogP contribution in [0.4, 0.5) is 0 Å². The average molecular weight is 205 g/mol. The van der Waals surface area contributed by atoms with Gasteiger partial charge in [-0.1, -0.05) is 0 Å². The molecule has 2 heterocycles. The topological polar surface area (TPSA) is 74.0 Å². The summed E-state index contributed by atoms with van der Waals surface area (Å²) in [5, 5.41) is 0. The van der Waals surface area contributed by atoms with E-state index in [1.165, 1.54) is 17.2 Å². The highest BCUT2D eigenvalue weighted by atomic mass is 16.3. The number of carbonyl (C=O) groups excluding carboxylic acids is 1. The molecule has 2 rings (SSSR count). The Balaban J connectivity index is 2.19. The third kappa shape index (κ3) is 1.97. The first-order chi connectivity index (χ1) is 7.31. The maximum absolute atomic E-state index is 11.7. The summed E-state index contributed by atoms with van der Waals surface area (Å²) in [5.41, 5.74) is 6.19. The molecule has 0 aliphatic carbocycles. The van der Waals surface area contributed by atoms with E-state index in [0.717, 1.165) is 5.69 Å². The highest BCUT2D eigenvalue weighted by Gasteiger charge is 2.11. The number of rotatable bonds is 3. The number of hydrogen-bond donors (Lipinski definition) is 1. The van der Waals surface area contributed by atoms with Crippen LogP contribution >= 0.6 is 0 Å². The van der Waals surface area contributed by atoms with Crippen LogP contribution in [-0.2, 0) is 6.42 Å². The summed E-state index contributed by atoms with van der Waals surface area (Å²) in [4.78, 5) is 15.8. The zero-order chi connectivity index (χ0) is 10.7. The molecule has 2 aromatic heterocycles. The van der Waals surface area contributed by atoms with Crippen LogP contribution in [0.2, 0.25) is 0 Å². The molecular formula is C10H11N3O2. The van der Waals surface area contributed by atoms with Crippen LogP contribution in [0.25, 0.3) is 0 Å². The Morgan fingerprint density at radius 1 is 1.60 bits per heavy atom. The molecule has 0 saturated heterocycles. The Morgan fingerprint density at radius 3 is 3.13 bits per heavy atom. The highest BCUT2D eigenvalue weighted by Crippen LogP contribution is 2.05. The molecule has 0 aliphatic heterocycles. The minimum Gasteiger partial charge on any atom is -0.459 e. The van der Waals surface area contributed by atoms with Crippen LogP contribution in [0.5, 0.6) is 0 Å². The maximum atomic E-state index is 11.7. The van der Waals surface area contributed by atoms with Crippen LogP contribution in [0.15, 0.2) is 35.3 Å². The van der Waals surface area contributed by atoms with Gasteiger partial charge in [0.1, 0.15) is 6.33 Å². The number of carbonyl (C=O) groups is 1. The molecule has 2 aromatic rings. The van der Waals surface area contributed by atoms with Crippen molar-refractivity contribution in [3.8, 4) is 0 Å². The van der Waals surface area contributed by atoms with Gasteiger partial charge < -0.3 is 10.2 Å². The van der Waals surface area contributed by atoms with Crippen molar-refractivity contribution in [2.45, 2.75) is 6.42 Å². The summed E-state index contributed by atoms with van der Waals surface area (Å²) in [6, 6.07) is 3.29. The van der Waals surface area contributed by atoms with Gasteiger partial charge in [-0.05, 0) is 18.7 Å². The van der Waals surface area contributed by atoms with E-state index in [0.29, 0.717) is 18.7 Å². The molecule has 5 nitrogen and oxygen atoms in total. The summed E-state index contributed by atoms with van der Waals surface area (Å²) in [6.45, 7) is 0.520. The largest absolute Gasteiger partial charge is 0.459 e. The van der Waals surface area contributed by atoms with Gasteiger partial charge in [0.15, 0.2) is 5.76 Å². The van der Waals surface area contributed by atoms with Crippen molar-refractivity contribution in [2.75, 3.05) is 6.54 Å². The fourth-order valence-electron chi connectivity index (χ4n) is 1.28. The van der Waals surface area contributed by atoms with Gasteiger partial charge in [-0.15, -0.1) is 0 Å². The van der Waals surface area contributed by atoms with Crippen molar-refractivity contribution in [2.24, 2.45) is 5.73 Å². The van der Waals surface area contributed by atoms with Crippen molar-refractivity contribution >= 4 is 5.91 Å². The van der Waals surface area contributed by atoms with Gasteiger partial charge in [0.05, 0.1) is 12.0 Å². The Kier molecular flexibility index (Phi) is 2.64. The van der Waals surface area contributed by atoms with E-state index in [9.17, 15) is 4.79 Å². The van der Waals surface area contributed by atoms with Gasteiger partial charge >= 0.3 is 0 Å². The fourth-order valence-corrected chi connectivity index (χ4v) is 1.28. The number of aromatic nitrogens is 2. The zero-order valence-corrected chi connectivity index (χ0v) is 8.09. The number of furan rings is 1. The standard InChI is InChI=1S/C10H11N3O2/c11-4-3-8-6-13(7-12-8)10(14)9-2-1-5-15-9/h1-2,5-7H,3-4,11H2. The second-order valence-corrected chi connectivity index (χ2v) is 3.09. The fraction of sp³-hybridized carbons (Fsp3) is 0.200. The van der Waals surface area contributed by atoms with Crippen molar-refractivity contribution in [1.82, 2.24) is 9.55 Å². The van der Waals surface area contributed by atoms with Gasteiger partial charge in [0.25, 0.3) is 5.91 Å². The van der Waals surface area contributed by atoms with E-state index in [4.69, 9.17) is 10.2 Å². The van der Waals surface area contributed by atoms with E-state index < -0.39 is 0 Å². The maximum Gasteiger partial charge on any atom is 0.298 e. The first-order valence-corrected chi connectivity index (χ1v) is 4.62. The first-order valence-electron chi connectivity index (χ1n) is 4.62. The van der Waals surface area contributed by atoms with Crippen molar-refractivity contribution in [3.05, 3.63) is 42.4 Å². The quantitative estimate of drug-likeness (QED) is 0.799. The summed E-state index contributed by atoms with van der Waals surface area (Å²) < 4.78 is 6.39. The molecule has 0 aromatic carbocycles. The van der Waals surface area contributed by atoms with E-state index in [2.05, 4.69) is 4.98 Å². The number of nitrogens with two attached hydrogens (primary N) is 1. The minimum absolute atomic E-state index is 0.226. The molecule has 0 bridgehead atoms. The smallest absolute Gasteiger partial charge is 0.298 e. The Bertz CT molecular complexity index is 445. The van der Waals surface area contributed by atoms with Crippen molar-refractivity contribution in [3.63, 3.8) is 0 Å². The normalized spacial score (nSPS) is 10.5. The van der Waals surface area contributed by atoms with Gasteiger partial charge in [-0.2, -0.15) is 0 Å². The number of imidazole rings is 1. The van der Waals surface area contributed by atoms with Crippen LogP contribution in [0.3, 0.4) is 0 Å². The van der Waals surface area contributed by atoms with Crippen molar-refractivity contribution in [1.29, 1.82) is 0 Å². The van der Waals surface area contributed by atoms with Gasteiger partial charge in [-0.3, -0.25) is 9.36 Å². The molecule has 78 valence electrons. The second-order valence-electron chi connectivity index (χ2n) is 3.09. The lowest BCUT2D eigenvalue weighted by atomic mass is 10.3. The number of hydrogen-bond acceptors (Lipinski definition) is 4. The van der Waals surface area contributed by atoms with E-state index in [1.807, 2.05) is 0 Å². The molecule has 0 amide bonds. The van der Waals surface area contributed by atoms with Crippen LogP contribution in [0.1, 0.15) is 16.2 Å². The van der Waals surface area contributed by atoms with E-state index in [1.54, 1.807) is 18.3 Å².